The molecule has 3 rings (SSSR count). The molecule has 0 saturated carbocycles. The van der Waals surface area contributed by atoms with E-state index in [9.17, 15) is 4.79 Å². The maximum Gasteiger partial charge on any atom is 0.338 e. The third kappa shape index (κ3) is 4.73. The third-order valence-corrected chi connectivity index (χ3v) is 4.04. The number of ether oxygens (including phenoxy) is 2. The molecule has 0 amide bonds. The number of hydrogen-bond donors (Lipinski definition) is 0. The highest BCUT2D eigenvalue weighted by molar-refractivity contribution is 5.89. The Balaban J connectivity index is 1.49. The van der Waals surface area contributed by atoms with Crippen LogP contribution in [0.3, 0.4) is 0 Å². The van der Waals surface area contributed by atoms with Crippen molar-refractivity contribution in [3.05, 3.63) is 90.0 Å². The van der Waals surface area contributed by atoms with Crippen LogP contribution in [-0.2, 0) is 4.74 Å². The number of benzene rings is 3. The first-order valence-electron chi connectivity index (χ1n) is 8.75. The maximum atomic E-state index is 12.0. The van der Waals surface area contributed by atoms with Crippen molar-refractivity contribution < 1.29 is 14.3 Å². The minimum atomic E-state index is -0.297. The number of rotatable bonds is 7. The molecule has 0 aliphatic rings. The second-order valence-electron chi connectivity index (χ2n) is 6.07. The van der Waals surface area contributed by atoms with Crippen LogP contribution in [0.1, 0.15) is 22.3 Å². The van der Waals surface area contributed by atoms with E-state index in [4.69, 9.17) is 9.47 Å². The van der Waals surface area contributed by atoms with Crippen LogP contribution in [0.4, 0.5) is 0 Å². The highest BCUT2D eigenvalue weighted by Gasteiger charge is 2.07. The Labute approximate surface area is 154 Å². The standard InChI is InChI=1S/C23H22O3/c1-18-12-14-20(15-13-18)23(24)26-17-7-16-25-22-11-6-5-10-21(22)19-8-3-2-4-9-19/h2-6,8-15H,7,16-17H2,1H3. The zero-order valence-electron chi connectivity index (χ0n) is 14.9. The van der Waals surface area contributed by atoms with E-state index in [-0.39, 0.29) is 5.97 Å². The molecule has 0 aromatic heterocycles. The van der Waals surface area contributed by atoms with Crippen LogP contribution in [-0.4, -0.2) is 19.2 Å². The molecule has 26 heavy (non-hydrogen) atoms. The Morgan fingerprint density at radius 3 is 2.27 bits per heavy atom. The Hall–Kier alpha value is -3.07. The summed E-state index contributed by atoms with van der Waals surface area (Å²) in [5.74, 6) is 0.540. The molecular formula is C23H22O3. The van der Waals surface area contributed by atoms with Gasteiger partial charge in [0.1, 0.15) is 5.75 Å². The lowest BCUT2D eigenvalue weighted by atomic mass is 10.1. The topological polar surface area (TPSA) is 35.5 Å². The Bertz CT molecular complexity index is 839. The number of carbonyl (C=O) groups is 1. The summed E-state index contributed by atoms with van der Waals surface area (Å²) in [6.45, 7) is 2.81. The van der Waals surface area contributed by atoms with Gasteiger partial charge in [0.25, 0.3) is 0 Å². The molecule has 0 bridgehead atoms. The van der Waals surface area contributed by atoms with Gasteiger partial charge in [0, 0.05) is 12.0 Å². The van der Waals surface area contributed by atoms with Crippen LogP contribution in [0.5, 0.6) is 5.75 Å². The number of carbonyl (C=O) groups excluding carboxylic acids is 1. The van der Waals surface area contributed by atoms with E-state index >= 15 is 0 Å². The zero-order chi connectivity index (χ0) is 18.2. The molecule has 0 atom stereocenters. The van der Waals surface area contributed by atoms with Crippen molar-refractivity contribution in [2.45, 2.75) is 13.3 Å². The van der Waals surface area contributed by atoms with Gasteiger partial charge in [-0.05, 0) is 30.7 Å². The summed E-state index contributed by atoms with van der Waals surface area (Å²) in [6, 6.07) is 25.5. The molecule has 3 nitrogen and oxygen atoms in total. The fraction of sp³-hybridized carbons (Fsp3) is 0.174. The van der Waals surface area contributed by atoms with E-state index < -0.39 is 0 Å². The first-order valence-corrected chi connectivity index (χ1v) is 8.75. The molecule has 0 aliphatic heterocycles. The Morgan fingerprint density at radius 2 is 1.50 bits per heavy atom. The fourth-order valence-corrected chi connectivity index (χ4v) is 2.63. The van der Waals surface area contributed by atoms with Gasteiger partial charge in [0.05, 0.1) is 18.8 Å². The van der Waals surface area contributed by atoms with Crippen molar-refractivity contribution in [3.63, 3.8) is 0 Å². The van der Waals surface area contributed by atoms with Crippen molar-refractivity contribution >= 4 is 5.97 Å². The average Bonchev–Trinajstić information content (AvgIpc) is 2.69. The predicted molar refractivity (Wildman–Crippen MR) is 103 cm³/mol. The van der Waals surface area contributed by atoms with Gasteiger partial charge in [0.15, 0.2) is 0 Å². The van der Waals surface area contributed by atoms with E-state index in [0.29, 0.717) is 25.2 Å². The van der Waals surface area contributed by atoms with Crippen LogP contribution in [0.25, 0.3) is 11.1 Å². The summed E-state index contributed by atoms with van der Waals surface area (Å²) in [7, 11) is 0. The van der Waals surface area contributed by atoms with Crippen molar-refractivity contribution in [3.8, 4) is 16.9 Å². The summed E-state index contributed by atoms with van der Waals surface area (Å²) in [5.41, 5.74) is 3.87. The third-order valence-electron chi connectivity index (χ3n) is 4.04. The summed E-state index contributed by atoms with van der Waals surface area (Å²) < 4.78 is 11.2. The summed E-state index contributed by atoms with van der Waals surface area (Å²) in [5, 5.41) is 0. The second kappa shape index (κ2) is 8.86. The quantitative estimate of drug-likeness (QED) is 0.431. The highest BCUT2D eigenvalue weighted by Crippen LogP contribution is 2.29. The lowest BCUT2D eigenvalue weighted by Crippen LogP contribution is -2.09. The van der Waals surface area contributed by atoms with Gasteiger partial charge in [-0.1, -0.05) is 66.2 Å². The summed E-state index contributed by atoms with van der Waals surface area (Å²) >= 11 is 0. The minimum Gasteiger partial charge on any atom is -0.493 e. The molecule has 0 fully saturated rings. The molecule has 3 aromatic carbocycles. The number of aryl methyl sites for hydroxylation is 1. The Morgan fingerprint density at radius 1 is 0.808 bits per heavy atom. The van der Waals surface area contributed by atoms with E-state index in [1.54, 1.807) is 12.1 Å². The molecule has 0 spiro atoms. The van der Waals surface area contributed by atoms with E-state index in [2.05, 4.69) is 12.1 Å². The molecule has 3 heteroatoms. The van der Waals surface area contributed by atoms with Crippen LogP contribution < -0.4 is 4.74 Å². The van der Waals surface area contributed by atoms with Gasteiger partial charge >= 0.3 is 5.97 Å². The van der Waals surface area contributed by atoms with Gasteiger partial charge in [-0.3, -0.25) is 0 Å². The van der Waals surface area contributed by atoms with E-state index in [0.717, 1.165) is 22.4 Å². The van der Waals surface area contributed by atoms with Crippen LogP contribution in [0.2, 0.25) is 0 Å². The SMILES string of the molecule is Cc1ccc(C(=O)OCCCOc2ccccc2-c2ccccc2)cc1. The first-order chi connectivity index (χ1) is 12.7. The highest BCUT2D eigenvalue weighted by atomic mass is 16.5. The number of para-hydroxylation sites is 1. The van der Waals surface area contributed by atoms with Crippen LogP contribution in [0, 0.1) is 6.92 Å². The molecule has 0 aliphatic carbocycles. The minimum absolute atomic E-state index is 0.297. The largest absolute Gasteiger partial charge is 0.493 e. The monoisotopic (exact) mass is 346 g/mol. The van der Waals surface area contributed by atoms with Crippen molar-refractivity contribution in [2.75, 3.05) is 13.2 Å². The van der Waals surface area contributed by atoms with E-state index in [1.807, 2.05) is 61.5 Å². The second-order valence-corrected chi connectivity index (χ2v) is 6.07. The van der Waals surface area contributed by atoms with Gasteiger partial charge in [-0.25, -0.2) is 4.79 Å². The Kier molecular flexibility index (Phi) is 6.05. The molecule has 0 unspecified atom stereocenters. The van der Waals surface area contributed by atoms with Gasteiger partial charge in [0.2, 0.25) is 0 Å². The molecule has 0 saturated heterocycles. The van der Waals surface area contributed by atoms with Crippen molar-refractivity contribution in [1.29, 1.82) is 0 Å². The van der Waals surface area contributed by atoms with Crippen molar-refractivity contribution in [1.82, 2.24) is 0 Å². The molecule has 132 valence electrons. The summed E-state index contributed by atoms with van der Waals surface area (Å²) in [6.07, 6.45) is 0.640. The molecule has 3 aromatic rings. The number of hydrogen-bond acceptors (Lipinski definition) is 3. The first kappa shape index (κ1) is 17.7. The van der Waals surface area contributed by atoms with Crippen LogP contribution >= 0.6 is 0 Å². The normalized spacial score (nSPS) is 10.3. The lowest BCUT2D eigenvalue weighted by molar-refractivity contribution is 0.0486. The molecule has 0 radical (unpaired) electrons. The van der Waals surface area contributed by atoms with E-state index in [1.165, 1.54) is 0 Å². The van der Waals surface area contributed by atoms with Gasteiger partial charge in [-0.15, -0.1) is 0 Å². The molecule has 0 N–H and O–H groups in total. The van der Waals surface area contributed by atoms with Gasteiger partial charge in [-0.2, -0.15) is 0 Å². The van der Waals surface area contributed by atoms with Gasteiger partial charge < -0.3 is 9.47 Å². The zero-order valence-corrected chi connectivity index (χ0v) is 14.9. The molecular weight excluding hydrogens is 324 g/mol. The lowest BCUT2D eigenvalue weighted by Gasteiger charge is -2.12. The maximum absolute atomic E-state index is 12.0. The fourth-order valence-electron chi connectivity index (χ4n) is 2.63. The molecule has 0 heterocycles. The average molecular weight is 346 g/mol. The predicted octanol–water partition coefficient (Wildman–Crippen LogP) is 5.29. The number of esters is 1. The van der Waals surface area contributed by atoms with Crippen LogP contribution in [0.15, 0.2) is 78.9 Å². The van der Waals surface area contributed by atoms with Crippen molar-refractivity contribution in [2.24, 2.45) is 0 Å². The summed E-state index contributed by atoms with van der Waals surface area (Å²) in [4.78, 5) is 12.0. The smallest absolute Gasteiger partial charge is 0.338 e.